The van der Waals surface area contributed by atoms with Crippen LogP contribution in [0.1, 0.15) is 15.9 Å². The van der Waals surface area contributed by atoms with Crippen LogP contribution in [-0.4, -0.2) is 12.8 Å². The molecule has 0 fully saturated rings. The van der Waals surface area contributed by atoms with Gasteiger partial charge in [0.15, 0.2) is 5.78 Å². The highest BCUT2D eigenvalue weighted by Crippen LogP contribution is 2.19. The Labute approximate surface area is 119 Å². The van der Waals surface area contributed by atoms with Gasteiger partial charge in [0.25, 0.3) is 0 Å². The van der Waals surface area contributed by atoms with Crippen molar-refractivity contribution in [3.63, 3.8) is 0 Å². The second kappa shape index (κ2) is 5.97. The van der Waals surface area contributed by atoms with E-state index in [1.54, 1.807) is 13.1 Å². The largest absolute Gasteiger partial charge is 0.388 e. The lowest BCUT2D eigenvalue weighted by Gasteiger charge is -2.08. The Morgan fingerprint density at radius 2 is 1.89 bits per heavy atom. The van der Waals surface area contributed by atoms with Crippen LogP contribution in [0.2, 0.25) is 0 Å². The van der Waals surface area contributed by atoms with Gasteiger partial charge < -0.3 is 5.32 Å². The number of rotatable bonds is 4. The third-order valence-corrected chi connectivity index (χ3v) is 3.36. The van der Waals surface area contributed by atoms with Crippen LogP contribution >= 0.6 is 15.9 Å². The van der Waals surface area contributed by atoms with E-state index < -0.39 is 5.82 Å². The van der Waals surface area contributed by atoms with E-state index in [-0.39, 0.29) is 12.2 Å². The number of ketones is 1. The van der Waals surface area contributed by atoms with E-state index in [1.807, 2.05) is 24.3 Å². The van der Waals surface area contributed by atoms with E-state index in [9.17, 15) is 9.18 Å². The SMILES string of the molecule is CNc1ccc(F)cc1C(=O)Cc1ccc(Br)cc1. The molecule has 0 saturated heterocycles. The molecule has 0 aromatic heterocycles. The molecule has 0 heterocycles. The highest BCUT2D eigenvalue weighted by molar-refractivity contribution is 9.10. The van der Waals surface area contributed by atoms with E-state index in [0.717, 1.165) is 10.0 Å². The fraction of sp³-hybridized carbons (Fsp3) is 0.133. The number of Topliss-reactive ketones (excluding diaryl/α,β-unsaturated/α-hetero) is 1. The maximum Gasteiger partial charge on any atom is 0.169 e. The van der Waals surface area contributed by atoms with Gasteiger partial charge in [0.1, 0.15) is 5.82 Å². The molecule has 19 heavy (non-hydrogen) atoms. The van der Waals surface area contributed by atoms with Crippen molar-refractivity contribution in [2.75, 3.05) is 12.4 Å². The summed E-state index contributed by atoms with van der Waals surface area (Å²) in [6, 6.07) is 11.7. The first-order valence-electron chi connectivity index (χ1n) is 5.85. The van der Waals surface area contributed by atoms with Crippen LogP contribution in [0.4, 0.5) is 10.1 Å². The molecule has 2 aromatic carbocycles. The molecule has 2 aromatic rings. The average molecular weight is 322 g/mol. The van der Waals surface area contributed by atoms with Crippen LogP contribution in [0, 0.1) is 5.82 Å². The maximum atomic E-state index is 13.2. The average Bonchev–Trinajstić information content (AvgIpc) is 2.41. The molecule has 0 saturated carbocycles. The number of hydrogen-bond donors (Lipinski definition) is 1. The topological polar surface area (TPSA) is 29.1 Å². The number of carbonyl (C=O) groups excluding carboxylic acids is 1. The molecule has 0 unspecified atom stereocenters. The van der Waals surface area contributed by atoms with Crippen molar-refractivity contribution in [3.8, 4) is 0 Å². The molecule has 2 nitrogen and oxygen atoms in total. The number of hydrogen-bond acceptors (Lipinski definition) is 2. The van der Waals surface area contributed by atoms with Gasteiger partial charge in [0, 0.05) is 29.2 Å². The van der Waals surface area contributed by atoms with E-state index in [4.69, 9.17) is 0 Å². The number of benzene rings is 2. The monoisotopic (exact) mass is 321 g/mol. The highest BCUT2D eigenvalue weighted by Gasteiger charge is 2.12. The van der Waals surface area contributed by atoms with Gasteiger partial charge in [-0.2, -0.15) is 0 Å². The quantitative estimate of drug-likeness (QED) is 0.860. The minimum atomic E-state index is -0.404. The van der Waals surface area contributed by atoms with E-state index in [2.05, 4.69) is 21.2 Å². The molecule has 4 heteroatoms. The summed E-state index contributed by atoms with van der Waals surface area (Å²) in [6.07, 6.45) is 0.255. The fourth-order valence-electron chi connectivity index (χ4n) is 1.85. The number of anilines is 1. The molecule has 98 valence electrons. The lowest BCUT2D eigenvalue weighted by atomic mass is 10.0. The van der Waals surface area contributed by atoms with Crippen LogP contribution < -0.4 is 5.32 Å². The van der Waals surface area contributed by atoms with Crippen LogP contribution in [0.3, 0.4) is 0 Å². The zero-order valence-electron chi connectivity index (χ0n) is 10.4. The summed E-state index contributed by atoms with van der Waals surface area (Å²) in [7, 11) is 1.71. The first kappa shape index (κ1) is 13.7. The van der Waals surface area contributed by atoms with Crippen molar-refractivity contribution >= 4 is 27.4 Å². The van der Waals surface area contributed by atoms with Gasteiger partial charge in [-0.25, -0.2) is 4.39 Å². The van der Waals surface area contributed by atoms with Gasteiger partial charge >= 0.3 is 0 Å². The summed E-state index contributed by atoms with van der Waals surface area (Å²) in [5, 5.41) is 2.90. The zero-order valence-corrected chi connectivity index (χ0v) is 12.0. The molecular weight excluding hydrogens is 309 g/mol. The molecule has 1 N–H and O–H groups in total. The zero-order chi connectivity index (χ0) is 13.8. The lowest BCUT2D eigenvalue weighted by Crippen LogP contribution is -2.07. The van der Waals surface area contributed by atoms with Crippen molar-refractivity contribution in [2.24, 2.45) is 0 Å². The minimum Gasteiger partial charge on any atom is -0.388 e. The van der Waals surface area contributed by atoms with Crippen molar-refractivity contribution in [2.45, 2.75) is 6.42 Å². The normalized spacial score (nSPS) is 10.3. The van der Waals surface area contributed by atoms with Crippen molar-refractivity contribution in [1.82, 2.24) is 0 Å². The Bertz CT molecular complexity index is 596. The predicted octanol–water partition coefficient (Wildman–Crippen LogP) is 4.06. The summed E-state index contributed by atoms with van der Waals surface area (Å²) in [5.41, 5.74) is 1.92. The van der Waals surface area contributed by atoms with E-state index in [1.165, 1.54) is 12.1 Å². The van der Waals surface area contributed by atoms with Crippen molar-refractivity contribution in [1.29, 1.82) is 0 Å². The highest BCUT2D eigenvalue weighted by atomic mass is 79.9. The third kappa shape index (κ3) is 3.41. The van der Waals surface area contributed by atoms with Gasteiger partial charge in [-0.05, 0) is 35.9 Å². The summed E-state index contributed by atoms with van der Waals surface area (Å²) >= 11 is 3.34. The first-order chi connectivity index (χ1) is 9.10. The predicted molar refractivity (Wildman–Crippen MR) is 78.1 cm³/mol. The summed E-state index contributed by atoms with van der Waals surface area (Å²) < 4.78 is 14.2. The number of carbonyl (C=O) groups is 1. The summed E-state index contributed by atoms with van der Waals surface area (Å²) in [5.74, 6) is -0.510. The van der Waals surface area contributed by atoms with Gasteiger partial charge in [-0.1, -0.05) is 28.1 Å². The molecule has 0 aliphatic heterocycles. The summed E-state index contributed by atoms with van der Waals surface area (Å²) in [4.78, 5) is 12.2. The molecule has 0 radical (unpaired) electrons. The molecule has 0 spiro atoms. The molecule has 0 aliphatic carbocycles. The Hall–Kier alpha value is -1.68. The smallest absolute Gasteiger partial charge is 0.169 e. The maximum absolute atomic E-state index is 13.2. The Morgan fingerprint density at radius 1 is 1.21 bits per heavy atom. The standard InChI is InChI=1S/C15H13BrFNO/c1-18-14-7-6-12(17)9-13(14)15(19)8-10-2-4-11(16)5-3-10/h2-7,9,18H,8H2,1H3. The Balaban J connectivity index is 2.24. The van der Waals surface area contributed by atoms with Gasteiger partial charge in [-0.15, -0.1) is 0 Å². The van der Waals surface area contributed by atoms with Crippen LogP contribution in [0.5, 0.6) is 0 Å². The minimum absolute atomic E-state index is 0.105. The Kier molecular flexibility index (Phi) is 4.32. The molecule has 0 atom stereocenters. The fourth-order valence-corrected chi connectivity index (χ4v) is 2.11. The van der Waals surface area contributed by atoms with Gasteiger partial charge in [-0.3, -0.25) is 4.79 Å². The molecule has 0 amide bonds. The summed E-state index contributed by atoms with van der Waals surface area (Å²) in [6.45, 7) is 0. The second-order valence-electron chi connectivity index (χ2n) is 4.17. The van der Waals surface area contributed by atoms with Crippen LogP contribution in [0.25, 0.3) is 0 Å². The van der Waals surface area contributed by atoms with E-state index >= 15 is 0 Å². The molecule has 2 rings (SSSR count). The number of nitrogens with one attached hydrogen (secondary N) is 1. The third-order valence-electron chi connectivity index (χ3n) is 2.83. The van der Waals surface area contributed by atoms with Crippen molar-refractivity contribution < 1.29 is 9.18 Å². The second-order valence-corrected chi connectivity index (χ2v) is 5.08. The van der Waals surface area contributed by atoms with Crippen LogP contribution in [0.15, 0.2) is 46.9 Å². The molecule has 0 aliphatic rings. The number of halogens is 2. The van der Waals surface area contributed by atoms with Crippen LogP contribution in [-0.2, 0) is 6.42 Å². The lowest BCUT2D eigenvalue weighted by molar-refractivity contribution is 0.0993. The van der Waals surface area contributed by atoms with Gasteiger partial charge in [0.2, 0.25) is 0 Å². The molecule has 0 bridgehead atoms. The first-order valence-corrected chi connectivity index (χ1v) is 6.64. The Morgan fingerprint density at radius 3 is 2.53 bits per heavy atom. The molecular formula is C15H13BrFNO. The van der Waals surface area contributed by atoms with Crippen molar-refractivity contribution in [3.05, 3.63) is 63.9 Å². The van der Waals surface area contributed by atoms with Gasteiger partial charge in [0.05, 0.1) is 0 Å². The van der Waals surface area contributed by atoms with E-state index in [0.29, 0.717) is 11.3 Å².